The molecular weight excluding hydrogens is 467 g/mol. The molecule has 36 heavy (non-hydrogen) atoms. The van der Waals surface area contributed by atoms with Gasteiger partial charge in [-0.1, -0.05) is 30.8 Å². The van der Waals surface area contributed by atoms with Crippen LogP contribution in [0.5, 0.6) is 0 Å². The molecule has 0 fully saturated rings. The normalized spacial score (nSPS) is 11.8. The number of H-pyrrole nitrogens is 1. The minimum Gasteiger partial charge on any atom is -0.478 e. The van der Waals surface area contributed by atoms with Crippen molar-refractivity contribution in [3.05, 3.63) is 105 Å². The van der Waals surface area contributed by atoms with E-state index in [1.54, 1.807) is 31.2 Å². The number of hydrogen-bond donors (Lipinski definition) is 4. The Hall–Kier alpha value is -4.80. The van der Waals surface area contributed by atoms with Crippen LogP contribution in [0.2, 0.25) is 0 Å². The molecular formula is C25H23FN6O4. The van der Waals surface area contributed by atoms with Gasteiger partial charge >= 0.3 is 11.7 Å². The molecule has 1 atom stereocenters. The predicted molar refractivity (Wildman–Crippen MR) is 130 cm³/mol. The van der Waals surface area contributed by atoms with Gasteiger partial charge in [0.05, 0.1) is 17.0 Å². The van der Waals surface area contributed by atoms with Gasteiger partial charge in [0.15, 0.2) is 0 Å². The number of aromatic carboxylic acids is 1. The topological polar surface area (TPSA) is 141 Å². The summed E-state index contributed by atoms with van der Waals surface area (Å²) in [6, 6.07) is 12.1. The van der Waals surface area contributed by atoms with E-state index in [-0.39, 0.29) is 35.4 Å². The second-order valence-electron chi connectivity index (χ2n) is 8.23. The van der Waals surface area contributed by atoms with Crippen LogP contribution in [0.4, 0.5) is 4.39 Å². The smallest absolute Gasteiger partial charge is 0.363 e. The number of hydrogen-bond acceptors (Lipinski definition) is 6. The van der Waals surface area contributed by atoms with Crippen molar-refractivity contribution < 1.29 is 19.1 Å². The van der Waals surface area contributed by atoms with Gasteiger partial charge in [0.25, 0.3) is 11.7 Å². The third-order valence-electron chi connectivity index (χ3n) is 5.61. The van der Waals surface area contributed by atoms with Crippen LogP contribution in [0.3, 0.4) is 0 Å². The number of nitrogens with one attached hydrogen (secondary N) is 3. The minimum atomic E-state index is -1.02. The molecule has 0 saturated carbocycles. The molecule has 184 valence electrons. The molecule has 4 rings (SSSR count). The summed E-state index contributed by atoms with van der Waals surface area (Å²) in [4.78, 5) is 44.1. The van der Waals surface area contributed by atoms with Crippen LogP contribution < -0.4 is 16.3 Å². The first-order chi connectivity index (χ1) is 17.1. The molecule has 2 aromatic heterocycles. The van der Waals surface area contributed by atoms with Crippen LogP contribution in [-0.4, -0.2) is 36.6 Å². The summed E-state index contributed by atoms with van der Waals surface area (Å²) in [5.41, 5.74) is 2.21. The number of aryl methyl sites for hydroxylation is 1. The van der Waals surface area contributed by atoms with Gasteiger partial charge in [-0.15, -0.1) is 0 Å². The average Bonchev–Trinajstić information content (AvgIpc) is 3.23. The highest BCUT2D eigenvalue weighted by atomic mass is 19.1. The summed E-state index contributed by atoms with van der Waals surface area (Å²) in [7, 11) is 0. The molecule has 2 heterocycles. The highest BCUT2D eigenvalue weighted by Crippen LogP contribution is 2.19. The van der Waals surface area contributed by atoms with Crippen molar-refractivity contribution in [2.45, 2.75) is 26.4 Å². The second kappa shape index (κ2) is 9.82. The molecule has 4 N–H and O–H groups in total. The molecule has 1 amide bonds. The summed E-state index contributed by atoms with van der Waals surface area (Å²) in [6.07, 6.45) is 0. The summed E-state index contributed by atoms with van der Waals surface area (Å²) in [5, 5.41) is 17.4. The van der Waals surface area contributed by atoms with Crippen molar-refractivity contribution in [2.75, 3.05) is 0 Å². The van der Waals surface area contributed by atoms with Crippen molar-refractivity contribution >= 4 is 23.4 Å². The Balaban J connectivity index is 1.56. The molecule has 10 nitrogen and oxygen atoms in total. The van der Waals surface area contributed by atoms with E-state index in [1.165, 1.54) is 28.8 Å². The first-order valence-electron chi connectivity index (χ1n) is 10.9. The first kappa shape index (κ1) is 24.3. The Morgan fingerprint density at radius 2 is 1.89 bits per heavy atom. The number of fused-ring (bicyclic) bond motifs is 1. The molecule has 0 aliphatic heterocycles. The van der Waals surface area contributed by atoms with Crippen LogP contribution in [0.1, 0.15) is 56.2 Å². The first-order valence-corrected chi connectivity index (χ1v) is 10.9. The summed E-state index contributed by atoms with van der Waals surface area (Å²) >= 11 is 0. The highest BCUT2D eigenvalue weighted by Gasteiger charge is 2.18. The zero-order valence-corrected chi connectivity index (χ0v) is 19.5. The van der Waals surface area contributed by atoms with E-state index in [1.807, 2.05) is 6.92 Å². The standard InChI is InChI=1S/C25H23FN6O4/c1-13-10-16(4-9-19(13)26)12-27-22(33)21-11-20(29-24-30-25(36)31-32(21)24)15(3)28-14(2)17-5-7-18(8-6-17)23(34)35/h4-11,14,28H,3,12H2,1-2H3,(H,27,33)(H,31,36)(H,34,35)/t14-/m1/s1. The van der Waals surface area contributed by atoms with Crippen molar-refractivity contribution in [1.82, 2.24) is 30.2 Å². The van der Waals surface area contributed by atoms with E-state index < -0.39 is 17.6 Å². The number of aromatic amines is 1. The second-order valence-corrected chi connectivity index (χ2v) is 8.23. The molecule has 0 bridgehead atoms. The molecule has 2 aromatic carbocycles. The SMILES string of the molecule is C=C(N[C@H](C)c1ccc(C(=O)O)cc1)c1cc(C(=O)NCc2ccc(F)c(C)c2)n2[nH]c(=O)nc2n1. The van der Waals surface area contributed by atoms with Crippen molar-refractivity contribution in [1.29, 1.82) is 0 Å². The zero-order valence-electron chi connectivity index (χ0n) is 19.5. The van der Waals surface area contributed by atoms with Crippen LogP contribution in [-0.2, 0) is 6.54 Å². The molecule has 0 unspecified atom stereocenters. The molecule has 0 radical (unpaired) electrons. The zero-order chi connectivity index (χ0) is 26.0. The lowest BCUT2D eigenvalue weighted by Crippen LogP contribution is -2.26. The molecule has 0 aliphatic rings. The number of nitrogens with zero attached hydrogens (tertiary/aromatic N) is 3. The Kier molecular flexibility index (Phi) is 6.64. The number of rotatable bonds is 8. The average molecular weight is 490 g/mol. The van der Waals surface area contributed by atoms with E-state index >= 15 is 0 Å². The molecule has 0 spiro atoms. The lowest BCUT2D eigenvalue weighted by Gasteiger charge is -2.18. The quantitative estimate of drug-likeness (QED) is 0.298. The number of aromatic nitrogens is 4. The third-order valence-corrected chi connectivity index (χ3v) is 5.61. The fourth-order valence-corrected chi connectivity index (χ4v) is 3.63. The molecule has 0 saturated heterocycles. The van der Waals surface area contributed by atoms with Crippen LogP contribution in [0, 0.1) is 12.7 Å². The van der Waals surface area contributed by atoms with Crippen LogP contribution in [0.25, 0.3) is 11.5 Å². The van der Waals surface area contributed by atoms with E-state index in [2.05, 4.69) is 32.3 Å². The number of amides is 1. The molecule has 0 aliphatic carbocycles. The Bertz CT molecular complexity index is 1540. The molecule has 4 aromatic rings. The Morgan fingerprint density at radius 3 is 2.56 bits per heavy atom. The lowest BCUT2D eigenvalue weighted by atomic mass is 10.1. The Labute approximate surface area is 204 Å². The molecule has 11 heteroatoms. The number of carboxylic acid groups (broad SMARTS) is 1. The van der Waals surface area contributed by atoms with E-state index in [9.17, 15) is 18.8 Å². The maximum Gasteiger partial charge on any atom is 0.363 e. The van der Waals surface area contributed by atoms with Gasteiger partial charge in [-0.2, -0.15) is 4.98 Å². The number of carbonyl (C=O) groups excluding carboxylic acids is 1. The van der Waals surface area contributed by atoms with Crippen molar-refractivity contribution in [3.8, 4) is 0 Å². The predicted octanol–water partition coefficient (Wildman–Crippen LogP) is 2.81. The summed E-state index contributed by atoms with van der Waals surface area (Å²) in [5.74, 6) is -1.87. The van der Waals surface area contributed by atoms with Gasteiger partial charge in [-0.05, 0) is 54.8 Å². The van der Waals surface area contributed by atoms with E-state index in [4.69, 9.17) is 5.11 Å². The van der Waals surface area contributed by atoms with Gasteiger partial charge in [0.2, 0.25) is 0 Å². The van der Waals surface area contributed by atoms with Gasteiger partial charge in [0, 0.05) is 12.6 Å². The van der Waals surface area contributed by atoms with Crippen LogP contribution >= 0.6 is 0 Å². The largest absolute Gasteiger partial charge is 0.478 e. The maximum absolute atomic E-state index is 13.5. The number of carbonyl (C=O) groups is 2. The summed E-state index contributed by atoms with van der Waals surface area (Å²) in [6.45, 7) is 7.63. The minimum absolute atomic E-state index is 0.0123. The third kappa shape index (κ3) is 5.14. The summed E-state index contributed by atoms with van der Waals surface area (Å²) < 4.78 is 14.7. The highest BCUT2D eigenvalue weighted by molar-refractivity contribution is 5.93. The number of carboxylic acids is 1. The lowest BCUT2D eigenvalue weighted by molar-refractivity contribution is 0.0696. The number of benzene rings is 2. The van der Waals surface area contributed by atoms with Crippen molar-refractivity contribution in [2.24, 2.45) is 0 Å². The van der Waals surface area contributed by atoms with Gasteiger partial charge < -0.3 is 15.7 Å². The van der Waals surface area contributed by atoms with E-state index in [0.29, 0.717) is 22.5 Å². The maximum atomic E-state index is 13.5. The fourth-order valence-electron chi connectivity index (χ4n) is 3.63. The van der Waals surface area contributed by atoms with Crippen molar-refractivity contribution in [3.63, 3.8) is 0 Å². The monoisotopic (exact) mass is 490 g/mol. The fraction of sp³-hybridized carbons (Fsp3) is 0.160. The number of halogens is 1. The Morgan fingerprint density at radius 1 is 1.17 bits per heavy atom. The van der Waals surface area contributed by atoms with Gasteiger partial charge in [-0.25, -0.2) is 28.6 Å². The van der Waals surface area contributed by atoms with E-state index in [0.717, 1.165) is 5.56 Å². The van der Waals surface area contributed by atoms with Gasteiger partial charge in [0.1, 0.15) is 11.5 Å². The van der Waals surface area contributed by atoms with Gasteiger partial charge in [-0.3, -0.25) is 4.79 Å². The van der Waals surface area contributed by atoms with Crippen LogP contribution in [0.15, 0.2) is 59.9 Å².